The van der Waals surface area contributed by atoms with E-state index in [-0.39, 0.29) is 29.7 Å². The first-order valence-corrected chi connectivity index (χ1v) is 11.0. The number of carbonyl (C=O) groups is 2. The molecule has 0 spiro atoms. The molecule has 31 heavy (non-hydrogen) atoms. The van der Waals surface area contributed by atoms with Crippen molar-refractivity contribution < 1.29 is 22.4 Å². The van der Waals surface area contributed by atoms with E-state index in [1.54, 1.807) is 55.5 Å². The van der Waals surface area contributed by atoms with Crippen molar-refractivity contribution in [2.45, 2.75) is 18.7 Å². The van der Waals surface area contributed by atoms with Crippen LogP contribution >= 0.6 is 0 Å². The van der Waals surface area contributed by atoms with Gasteiger partial charge < -0.3 is 15.1 Å². The van der Waals surface area contributed by atoms with Crippen molar-refractivity contribution in [3.63, 3.8) is 0 Å². The summed E-state index contributed by atoms with van der Waals surface area (Å²) in [5.74, 6) is -0.557. The van der Waals surface area contributed by atoms with E-state index < -0.39 is 15.9 Å². The van der Waals surface area contributed by atoms with Gasteiger partial charge in [0.2, 0.25) is 10.0 Å². The van der Waals surface area contributed by atoms with Gasteiger partial charge in [-0.05, 0) is 67.4 Å². The summed E-state index contributed by atoms with van der Waals surface area (Å²) in [5.41, 5.74) is 2.40. The number of nitrogens with one attached hydrogen (secondary N) is 3. The molecule has 0 aliphatic rings. The van der Waals surface area contributed by atoms with Gasteiger partial charge in [-0.1, -0.05) is 12.1 Å². The van der Waals surface area contributed by atoms with Crippen molar-refractivity contribution in [3.05, 3.63) is 83.3 Å². The minimum absolute atomic E-state index is 0.0543. The molecule has 0 unspecified atom stereocenters. The minimum atomic E-state index is -3.66. The summed E-state index contributed by atoms with van der Waals surface area (Å²) in [6.45, 7) is 3.74. The number of sulfonamides is 1. The van der Waals surface area contributed by atoms with Crippen LogP contribution in [0.2, 0.25) is 0 Å². The van der Waals surface area contributed by atoms with Crippen molar-refractivity contribution in [3.8, 4) is 0 Å². The van der Waals surface area contributed by atoms with Crippen molar-refractivity contribution in [1.82, 2.24) is 10.0 Å². The number of carbonyl (C=O) groups excluding carboxylic acids is 2. The molecule has 1 heterocycles. The highest BCUT2D eigenvalue weighted by Crippen LogP contribution is 2.16. The van der Waals surface area contributed by atoms with Gasteiger partial charge in [-0.3, -0.25) is 9.59 Å². The van der Waals surface area contributed by atoms with Crippen molar-refractivity contribution >= 4 is 27.5 Å². The van der Waals surface area contributed by atoms with Crippen molar-refractivity contribution in [1.29, 1.82) is 0 Å². The number of hydrogen-bond donors (Lipinski definition) is 3. The van der Waals surface area contributed by atoms with Crippen LogP contribution in [0.25, 0.3) is 0 Å². The Morgan fingerprint density at radius 2 is 1.68 bits per heavy atom. The lowest BCUT2D eigenvalue weighted by Gasteiger charge is -2.11. The first-order chi connectivity index (χ1) is 14.8. The third kappa shape index (κ3) is 5.80. The molecule has 0 radical (unpaired) electrons. The Labute approximate surface area is 180 Å². The maximum atomic E-state index is 12.5. The average Bonchev–Trinajstić information content (AvgIpc) is 3.28. The molecule has 0 fully saturated rings. The summed E-state index contributed by atoms with van der Waals surface area (Å²) in [6.07, 6.45) is 1.41. The van der Waals surface area contributed by atoms with Crippen LogP contribution in [0.4, 0.5) is 5.69 Å². The van der Waals surface area contributed by atoms with Crippen LogP contribution in [0.15, 0.2) is 70.2 Å². The fourth-order valence-electron chi connectivity index (χ4n) is 2.84. The fourth-order valence-corrected chi connectivity index (χ4v) is 4.20. The first kappa shape index (κ1) is 22.3. The molecule has 0 bridgehead atoms. The summed E-state index contributed by atoms with van der Waals surface area (Å²) in [4.78, 5) is 24.4. The zero-order valence-electron chi connectivity index (χ0n) is 17.1. The molecule has 3 N–H and O–H groups in total. The van der Waals surface area contributed by atoms with E-state index in [9.17, 15) is 18.0 Å². The third-order valence-electron chi connectivity index (χ3n) is 4.49. The van der Waals surface area contributed by atoms with Crippen LogP contribution in [-0.4, -0.2) is 33.3 Å². The molecule has 3 aromatic rings. The molecule has 2 aromatic carbocycles. The Morgan fingerprint density at radius 3 is 2.35 bits per heavy atom. The lowest BCUT2D eigenvalue weighted by atomic mass is 10.2. The number of hydrogen-bond acceptors (Lipinski definition) is 5. The maximum Gasteiger partial charge on any atom is 0.291 e. The number of amides is 2. The highest BCUT2D eigenvalue weighted by Gasteiger charge is 2.16. The molecule has 1 aromatic heterocycles. The van der Waals surface area contributed by atoms with Gasteiger partial charge >= 0.3 is 0 Å². The summed E-state index contributed by atoms with van der Waals surface area (Å²) >= 11 is 0. The third-order valence-corrected chi connectivity index (χ3v) is 6.09. The van der Waals surface area contributed by atoms with Gasteiger partial charge in [0.1, 0.15) is 0 Å². The lowest BCUT2D eigenvalue weighted by molar-refractivity contribution is 0.0953. The van der Waals surface area contributed by atoms with E-state index in [1.165, 1.54) is 6.26 Å². The molecule has 0 aliphatic carbocycles. The van der Waals surface area contributed by atoms with E-state index >= 15 is 0 Å². The predicted octanol–water partition coefficient (Wildman–Crippen LogP) is 2.86. The average molecular weight is 442 g/mol. The van der Waals surface area contributed by atoms with E-state index in [0.29, 0.717) is 16.8 Å². The fraction of sp³-hybridized carbons (Fsp3) is 0.182. The largest absolute Gasteiger partial charge is 0.459 e. The number of benzene rings is 2. The zero-order chi connectivity index (χ0) is 22.4. The lowest BCUT2D eigenvalue weighted by Crippen LogP contribution is -2.35. The number of furan rings is 1. The maximum absolute atomic E-state index is 12.5. The first-order valence-electron chi connectivity index (χ1n) is 9.56. The Hall–Kier alpha value is -3.43. The summed E-state index contributed by atoms with van der Waals surface area (Å²) in [7, 11) is -3.66. The topological polar surface area (TPSA) is 118 Å². The molecule has 2 amide bonds. The smallest absolute Gasteiger partial charge is 0.291 e. The van der Waals surface area contributed by atoms with Crippen LogP contribution in [0.5, 0.6) is 0 Å². The molecule has 8 nitrogen and oxygen atoms in total. The van der Waals surface area contributed by atoms with Gasteiger partial charge in [0.15, 0.2) is 5.76 Å². The van der Waals surface area contributed by atoms with Gasteiger partial charge in [-0.25, -0.2) is 13.1 Å². The normalized spacial score (nSPS) is 11.2. The molecular formula is C22H23N3O5S. The monoisotopic (exact) mass is 441 g/mol. The second-order valence-electron chi connectivity index (χ2n) is 6.93. The Bertz CT molecular complexity index is 1170. The summed E-state index contributed by atoms with van der Waals surface area (Å²) < 4.78 is 32.5. The Kier molecular flexibility index (Phi) is 6.88. The van der Waals surface area contributed by atoms with Crippen molar-refractivity contribution in [2.75, 3.05) is 18.4 Å². The summed E-state index contributed by atoms with van der Waals surface area (Å²) in [5, 5.41) is 5.33. The van der Waals surface area contributed by atoms with Gasteiger partial charge in [0.05, 0.1) is 11.2 Å². The number of aryl methyl sites for hydroxylation is 2. The summed E-state index contributed by atoms with van der Waals surface area (Å²) in [6, 6.07) is 14.7. The van der Waals surface area contributed by atoms with Crippen LogP contribution in [0.3, 0.4) is 0 Å². The predicted molar refractivity (Wildman–Crippen MR) is 117 cm³/mol. The number of rotatable bonds is 8. The molecule has 0 aliphatic heterocycles. The standard InChI is InChI=1S/C22H23N3O5S/c1-15-5-6-16(2)20(14-15)31(28,29)24-12-11-23-21(26)17-7-9-18(10-8-17)25-22(27)19-4-3-13-30-19/h3-10,13-14,24H,11-12H2,1-2H3,(H,23,26)(H,25,27). The van der Waals surface area contributed by atoms with Crippen LogP contribution in [0, 0.1) is 13.8 Å². The SMILES string of the molecule is Cc1ccc(C)c(S(=O)(=O)NCCNC(=O)c2ccc(NC(=O)c3ccco3)cc2)c1. The van der Waals surface area contributed by atoms with Gasteiger partial charge in [0, 0.05) is 24.3 Å². The molecule has 9 heteroatoms. The van der Waals surface area contributed by atoms with Crippen LogP contribution in [0.1, 0.15) is 32.0 Å². The van der Waals surface area contributed by atoms with E-state index in [2.05, 4.69) is 15.4 Å². The molecular weight excluding hydrogens is 418 g/mol. The number of anilines is 1. The van der Waals surface area contributed by atoms with E-state index in [0.717, 1.165) is 5.56 Å². The molecule has 0 saturated heterocycles. The molecule has 162 valence electrons. The second-order valence-corrected chi connectivity index (χ2v) is 8.67. The highest BCUT2D eigenvalue weighted by atomic mass is 32.2. The van der Waals surface area contributed by atoms with Crippen molar-refractivity contribution in [2.24, 2.45) is 0 Å². The molecule has 3 rings (SSSR count). The van der Waals surface area contributed by atoms with E-state index in [4.69, 9.17) is 4.42 Å². The van der Waals surface area contributed by atoms with Gasteiger partial charge in [-0.2, -0.15) is 0 Å². The Balaban J connectivity index is 1.49. The van der Waals surface area contributed by atoms with E-state index in [1.807, 2.05) is 13.0 Å². The van der Waals surface area contributed by atoms with Gasteiger partial charge in [0.25, 0.3) is 11.8 Å². The minimum Gasteiger partial charge on any atom is -0.459 e. The van der Waals surface area contributed by atoms with Gasteiger partial charge in [-0.15, -0.1) is 0 Å². The van der Waals surface area contributed by atoms with Crippen LogP contribution in [-0.2, 0) is 10.0 Å². The Morgan fingerprint density at radius 1 is 0.935 bits per heavy atom. The molecule has 0 saturated carbocycles. The zero-order valence-corrected chi connectivity index (χ0v) is 18.0. The van der Waals surface area contributed by atoms with Crippen LogP contribution < -0.4 is 15.4 Å². The highest BCUT2D eigenvalue weighted by molar-refractivity contribution is 7.89. The molecule has 0 atom stereocenters. The second kappa shape index (κ2) is 9.59. The quantitative estimate of drug-likeness (QED) is 0.465.